The van der Waals surface area contributed by atoms with E-state index in [1.807, 2.05) is 6.92 Å². The van der Waals surface area contributed by atoms with Gasteiger partial charge in [-0.05, 0) is 50.3 Å². The smallest absolute Gasteiger partial charge is 0.348 e. The first-order valence-electron chi connectivity index (χ1n) is 11.3. The zero-order chi connectivity index (χ0) is 24.1. The number of nitrogens with one attached hydrogen (secondary N) is 2. The summed E-state index contributed by atoms with van der Waals surface area (Å²) in [6.07, 6.45) is 5.17. The highest BCUT2D eigenvalue weighted by Gasteiger charge is 2.24. The minimum Gasteiger partial charge on any atom is -0.488 e. The van der Waals surface area contributed by atoms with E-state index in [0.717, 1.165) is 43.2 Å². The van der Waals surface area contributed by atoms with Crippen molar-refractivity contribution < 1.29 is 23.4 Å². The summed E-state index contributed by atoms with van der Waals surface area (Å²) in [7, 11) is 3.05. The van der Waals surface area contributed by atoms with Gasteiger partial charge in [-0.2, -0.15) is 0 Å². The number of benzene rings is 1. The molecule has 0 atom stereocenters. The van der Waals surface area contributed by atoms with Crippen LogP contribution in [0.4, 0.5) is 15.9 Å². The van der Waals surface area contributed by atoms with Gasteiger partial charge in [0.25, 0.3) is 0 Å². The lowest BCUT2D eigenvalue weighted by Crippen LogP contribution is -2.37. The Morgan fingerprint density at radius 1 is 1.21 bits per heavy atom. The number of nitrogens with zero attached hydrogens (tertiary/aromatic N) is 2. The Morgan fingerprint density at radius 2 is 2.00 bits per heavy atom. The van der Waals surface area contributed by atoms with Gasteiger partial charge in [-0.1, -0.05) is 0 Å². The predicted molar refractivity (Wildman–Crippen MR) is 130 cm³/mol. The number of carbonyl (C=O) groups is 1. The molecule has 1 aliphatic carbocycles. The maximum Gasteiger partial charge on any atom is 0.348 e. The average molecular weight is 489 g/mol. The van der Waals surface area contributed by atoms with Crippen molar-refractivity contribution in [1.82, 2.24) is 15.3 Å². The molecule has 0 amide bonds. The minimum atomic E-state index is -0.412. The topological polar surface area (TPSA) is 94.6 Å². The van der Waals surface area contributed by atoms with Gasteiger partial charge in [0.2, 0.25) is 0 Å². The third-order valence-corrected chi connectivity index (χ3v) is 7.18. The van der Waals surface area contributed by atoms with Crippen LogP contribution in [0.5, 0.6) is 5.75 Å². The quantitative estimate of drug-likeness (QED) is 0.334. The van der Waals surface area contributed by atoms with Crippen LogP contribution in [-0.4, -0.2) is 55.5 Å². The Bertz CT molecular complexity index is 1150. The van der Waals surface area contributed by atoms with Crippen LogP contribution in [-0.2, 0) is 9.47 Å². The number of ether oxygens (including phenoxy) is 3. The van der Waals surface area contributed by atoms with Crippen molar-refractivity contribution in [2.45, 2.75) is 44.8 Å². The number of anilines is 2. The van der Waals surface area contributed by atoms with Gasteiger partial charge in [-0.25, -0.2) is 19.2 Å². The summed E-state index contributed by atoms with van der Waals surface area (Å²) in [5.74, 6) is 0.174. The summed E-state index contributed by atoms with van der Waals surface area (Å²) < 4.78 is 30.4. The van der Waals surface area contributed by atoms with E-state index >= 15 is 0 Å². The molecule has 3 aromatic rings. The van der Waals surface area contributed by atoms with Crippen molar-refractivity contribution in [3.05, 3.63) is 40.8 Å². The normalized spacial score (nSPS) is 18.1. The summed E-state index contributed by atoms with van der Waals surface area (Å²) in [4.78, 5) is 22.0. The molecule has 0 spiro atoms. The van der Waals surface area contributed by atoms with Crippen molar-refractivity contribution in [1.29, 1.82) is 0 Å². The Labute approximate surface area is 201 Å². The van der Waals surface area contributed by atoms with Gasteiger partial charge in [0.1, 0.15) is 33.4 Å². The molecule has 182 valence electrons. The summed E-state index contributed by atoms with van der Waals surface area (Å²) in [6.45, 7) is 3.36. The van der Waals surface area contributed by atoms with E-state index in [9.17, 15) is 9.18 Å². The van der Waals surface area contributed by atoms with Gasteiger partial charge in [0, 0.05) is 25.8 Å². The fourth-order valence-electron chi connectivity index (χ4n) is 4.21. The number of halogens is 1. The number of carbonyl (C=O) groups excluding carboxylic acids is 1. The summed E-state index contributed by atoms with van der Waals surface area (Å²) in [5.41, 5.74) is 1.34. The van der Waals surface area contributed by atoms with Crippen LogP contribution >= 0.6 is 11.3 Å². The molecule has 34 heavy (non-hydrogen) atoms. The molecule has 4 rings (SSSR count). The highest BCUT2D eigenvalue weighted by atomic mass is 32.1. The Hall–Kier alpha value is -2.82. The van der Waals surface area contributed by atoms with Crippen molar-refractivity contribution in [3.8, 4) is 5.75 Å². The van der Waals surface area contributed by atoms with Gasteiger partial charge < -0.3 is 24.8 Å². The van der Waals surface area contributed by atoms with Gasteiger partial charge >= 0.3 is 5.97 Å². The molecule has 2 heterocycles. The summed E-state index contributed by atoms with van der Waals surface area (Å²) in [6, 6.07) is 4.86. The van der Waals surface area contributed by atoms with Gasteiger partial charge in [0.05, 0.1) is 30.9 Å². The van der Waals surface area contributed by atoms with E-state index in [2.05, 4.69) is 20.6 Å². The molecule has 1 saturated carbocycles. The predicted octanol–water partition coefficient (Wildman–Crippen LogP) is 4.60. The number of fused-ring (bicyclic) bond motifs is 1. The number of hydrogen-bond donors (Lipinski definition) is 2. The van der Waals surface area contributed by atoms with E-state index in [1.54, 1.807) is 13.2 Å². The Balaban J connectivity index is 1.52. The molecule has 0 bridgehead atoms. The third-order valence-electron chi connectivity index (χ3n) is 6.00. The van der Waals surface area contributed by atoms with Crippen molar-refractivity contribution in [2.75, 3.05) is 32.7 Å². The second-order valence-corrected chi connectivity index (χ2v) is 9.25. The molecule has 0 saturated heterocycles. The summed E-state index contributed by atoms with van der Waals surface area (Å²) in [5, 5.41) is 7.50. The molecule has 1 fully saturated rings. The highest BCUT2D eigenvalue weighted by Crippen LogP contribution is 2.37. The number of esters is 1. The monoisotopic (exact) mass is 488 g/mol. The van der Waals surface area contributed by atoms with Crippen LogP contribution in [0.1, 0.15) is 40.9 Å². The number of aryl methyl sites for hydroxylation is 1. The van der Waals surface area contributed by atoms with Crippen molar-refractivity contribution >= 4 is 39.0 Å². The third kappa shape index (κ3) is 5.45. The second kappa shape index (κ2) is 11.1. The fourth-order valence-corrected chi connectivity index (χ4v) is 5.27. The number of thiophene rings is 1. The maximum absolute atomic E-state index is 14.1. The van der Waals surface area contributed by atoms with E-state index < -0.39 is 5.97 Å². The molecule has 2 aromatic heterocycles. The molecule has 10 heteroatoms. The standard InChI is InChI=1S/C24H29FN4O4S/c1-14-20-22(27-13-28-23(20)34-21(14)24(30)32-3)29-18-9-4-15(25)12-19(18)33-17-7-5-16(6-8-17)26-10-11-31-2/h4,9,12-13,16-17,26H,5-8,10-11H2,1-3H3,(H,27,28,29). The zero-order valence-corrected chi connectivity index (χ0v) is 20.3. The molecular weight excluding hydrogens is 459 g/mol. The van der Waals surface area contributed by atoms with Crippen LogP contribution in [0.25, 0.3) is 10.2 Å². The van der Waals surface area contributed by atoms with Crippen LogP contribution < -0.4 is 15.4 Å². The Morgan fingerprint density at radius 3 is 2.74 bits per heavy atom. The second-order valence-electron chi connectivity index (χ2n) is 8.25. The van der Waals surface area contributed by atoms with E-state index in [4.69, 9.17) is 14.2 Å². The molecule has 2 N–H and O–H groups in total. The molecule has 1 aliphatic rings. The number of methoxy groups -OCH3 is 2. The first-order valence-corrected chi connectivity index (χ1v) is 12.1. The zero-order valence-electron chi connectivity index (χ0n) is 19.5. The maximum atomic E-state index is 14.1. The van der Waals surface area contributed by atoms with Crippen LogP contribution in [0.2, 0.25) is 0 Å². The molecule has 8 nitrogen and oxygen atoms in total. The fraction of sp³-hybridized carbons (Fsp3) is 0.458. The van der Waals surface area contributed by atoms with Gasteiger partial charge in [-0.3, -0.25) is 0 Å². The molecule has 0 aliphatic heterocycles. The minimum absolute atomic E-state index is 0.00190. The van der Waals surface area contributed by atoms with E-state index in [-0.39, 0.29) is 11.9 Å². The SMILES string of the molecule is COCCNC1CCC(Oc2cc(F)ccc2Nc2ncnc3sc(C(=O)OC)c(C)c23)CC1. The molecule has 1 aromatic carbocycles. The molecule has 0 unspecified atom stereocenters. The number of hydrogen-bond acceptors (Lipinski definition) is 9. The first kappa shape index (κ1) is 24.3. The first-order chi connectivity index (χ1) is 16.5. The highest BCUT2D eigenvalue weighted by molar-refractivity contribution is 7.20. The lowest BCUT2D eigenvalue weighted by atomic mass is 9.93. The van der Waals surface area contributed by atoms with Crippen LogP contribution in [0, 0.1) is 12.7 Å². The van der Waals surface area contributed by atoms with Crippen molar-refractivity contribution in [2.24, 2.45) is 0 Å². The van der Waals surface area contributed by atoms with E-state index in [1.165, 1.54) is 36.9 Å². The van der Waals surface area contributed by atoms with Crippen molar-refractivity contribution in [3.63, 3.8) is 0 Å². The average Bonchev–Trinajstić information content (AvgIpc) is 3.19. The summed E-state index contributed by atoms with van der Waals surface area (Å²) >= 11 is 1.25. The number of aromatic nitrogens is 2. The van der Waals surface area contributed by atoms with E-state index in [0.29, 0.717) is 39.6 Å². The lowest BCUT2D eigenvalue weighted by Gasteiger charge is -2.30. The Kier molecular flexibility index (Phi) is 7.91. The van der Waals surface area contributed by atoms with Crippen LogP contribution in [0.15, 0.2) is 24.5 Å². The lowest BCUT2D eigenvalue weighted by molar-refractivity contribution is 0.0605. The molecule has 0 radical (unpaired) electrons. The van der Waals surface area contributed by atoms with Gasteiger partial charge in [-0.15, -0.1) is 11.3 Å². The van der Waals surface area contributed by atoms with Crippen LogP contribution in [0.3, 0.4) is 0 Å². The number of rotatable bonds is 9. The largest absolute Gasteiger partial charge is 0.488 e. The molecular formula is C24H29FN4O4S. The van der Waals surface area contributed by atoms with Gasteiger partial charge in [0.15, 0.2) is 0 Å².